The number of carbonyl (C=O) groups excluding carboxylic acids is 1. The molecule has 0 bridgehead atoms. The van der Waals surface area contributed by atoms with E-state index in [2.05, 4.69) is 26.1 Å². The summed E-state index contributed by atoms with van der Waals surface area (Å²) in [7, 11) is 1.95. The number of fused-ring (bicyclic) bond motifs is 1. The Morgan fingerprint density at radius 2 is 2.21 bits per heavy atom. The Balaban J connectivity index is 2.64. The molecule has 6 nitrogen and oxygen atoms in total. The molecule has 7 heteroatoms. The van der Waals surface area contributed by atoms with Crippen LogP contribution in [0.4, 0.5) is 11.4 Å². The summed E-state index contributed by atoms with van der Waals surface area (Å²) in [5.41, 5.74) is 2.11. The second-order valence-corrected chi connectivity index (χ2v) is 5.49. The number of likely N-dealkylation sites (N-methyl/N-ethyl adjacent to an activating group) is 1. The van der Waals surface area contributed by atoms with Crippen LogP contribution in [0.5, 0.6) is 0 Å². The molecule has 1 aromatic rings. The van der Waals surface area contributed by atoms with Crippen LogP contribution in [0, 0.1) is 10.1 Å². The molecule has 0 saturated carbocycles. The lowest BCUT2D eigenvalue weighted by atomic mass is 9.97. The number of rotatable bonds is 2. The zero-order valence-corrected chi connectivity index (χ0v) is 12.3. The first-order valence-electron chi connectivity index (χ1n) is 5.85. The van der Waals surface area contributed by atoms with E-state index in [1.165, 1.54) is 13.0 Å². The van der Waals surface area contributed by atoms with E-state index in [0.29, 0.717) is 12.2 Å². The lowest BCUT2D eigenvalue weighted by Crippen LogP contribution is -2.28. The molecule has 2 rings (SSSR count). The number of hydrogen-bond donors (Lipinski definition) is 1. The molecule has 19 heavy (non-hydrogen) atoms. The molecule has 0 fully saturated rings. The third-order valence-corrected chi connectivity index (χ3v) is 3.85. The number of nitro groups is 1. The quantitative estimate of drug-likeness (QED) is 0.668. The fourth-order valence-corrected chi connectivity index (χ4v) is 2.94. The molecule has 1 aromatic carbocycles. The molecule has 0 spiro atoms. The van der Waals surface area contributed by atoms with Crippen LogP contribution in [0.1, 0.15) is 18.1 Å². The highest BCUT2D eigenvalue weighted by atomic mass is 79.9. The van der Waals surface area contributed by atoms with Crippen LogP contribution >= 0.6 is 15.9 Å². The van der Waals surface area contributed by atoms with E-state index >= 15 is 0 Å². The Hall–Kier alpha value is -1.47. The lowest BCUT2D eigenvalue weighted by molar-refractivity contribution is -0.384. The number of hydrogen-bond acceptors (Lipinski definition) is 4. The van der Waals surface area contributed by atoms with Crippen LogP contribution in [0.15, 0.2) is 10.5 Å². The molecular weight excluding hydrogens is 314 g/mol. The molecule has 102 valence electrons. The van der Waals surface area contributed by atoms with Crippen molar-refractivity contribution in [3.8, 4) is 0 Å². The van der Waals surface area contributed by atoms with E-state index in [1.807, 2.05) is 7.05 Å². The van der Waals surface area contributed by atoms with Crippen molar-refractivity contribution in [2.24, 2.45) is 0 Å². The van der Waals surface area contributed by atoms with E-state index in [0.717, 1.165) is 28.6 Å². The number of halogens is 1. The third kappa shape index (κ3) is 2.76. The summed E-state index contributed by atoms with van der Waals surface area (Å²) >= 11 is 3.39. The number of nitrogens with zero attached hydrogens (tertiary/aromatic N) is 2. The van der Waals surface area contributed by atoms with E-state index in [4.69, 9.17) is 0 Å². The largest absolute Gasteiger partial charge is 0.320 e. The highest BCUT2D eigenvalue weighted by Gasteiger charge is 2.27. The smallest absolute Gasteiger partial charge is 0.294 e. The average molecular weight is 328 g/mol. The minimum Gasteiger partial charge on any atom is -0.320 e. The molecule has 1 amide bonds. The van der Waals surface area contributed by atoms with Gasteiger partial charge in [0, 0.05) is 36.1 Å². The van der Waals surface area contributed by atoms with E-state index in [1.54, 1.807) is 0 Å². The summed E-state index contributed by atoms with van der Waals surface area (Å²) in [6.45, 7) is 2.83. The molecule has 1 aliphatic heterocycles. The van der Waals surface area contributed by atoms with Gasteiger partial charge in [0.2, 0.25) is 5.91 Å². The van der Waals surface area contributed by atoms with Crippen molar-refractivity contribution in [3.63, 3.8) is 0 Å². The topological polar surface area (TPSA) is 75.5 Å². The van der Waals surface area contributed by atoms with Crippen molar-refractivity contribution >= 4 is 33.2 Å². The van der Waals surface area contributed by atoms with Gasteiger partial charge in [0.1, 0.15) is 5.69 Å². The monoisotopic (exact) mass is 327 g/mol. The van der Waals surface area contributed by atoms with E-state index < -0.39 is 4.92 Å². The van der Waals surface area contributed by atoms with Crippen molar-refractivity contribution in [1.29, 1.82) is 0 Å². The normalized spacial score (nSPS) is 14.9. The zero-order chi connectivity index (χ0) is 14.2. The highest BCUT2D eigenvalue weighted by molar-refractivity contribution is 9.10. The van der Waals surface area contributed by atoms with Crippen molar-refractivity contribution in [2.75, 3.05) is 18.9 Å². The predicted octanol–water partition coefficient (Wildman–Crippen LogP) is 2.30. The lowest BCUT2D eigenvalue weighted by Gasteiger charge is -2.27. The summed E-state index contributed by atoms with van der Waals surface area (Å²) in [5, 5.41) is 13.7. The van der Waals surface area contributed by atoms with E-state index in [9.17, 15) is 14.9 Å². The van der Waals surface area contributed by atoms with Gasteiger partial charge in [-0.1, -0.05) is 15.9 Å². The van der Waals surface area contributed by atoms with Crippen LogP contribution in [-0.2, 0) is 17.8 Å². The molecular formula is C12H14BrN3O3. The Morgan fingerprint density at radius 3 is 2.79 bits per heavy atom. The minimum absolute atomic E-state index is 0.0730. The standard InChI is InChI=1S/C12H14BrN3O3/c1-7(17)14-12-9-6-15(2)4-3-8(9)10(13)5-11(12)16(18)19/h5H,3-4,6H2,1-2H3,(H,14,17). The second-order valence-electron chi connectivity index (χ2n) is 4.64. The fourth-order valence-electron chi connectivity index (χ4n) is 2.28. The van der Waals surface area contributed by atoms with Gasteiger partial charge in [-0.2, -0.15) is 0 Å². The van der Waals surface area contributed by atoms with Gasteiger partial charge >= 0.3 is 0 Å². The maximum Gasteiger partial charge on any atom is 0.294 e. The maximum atomic E-state index is 11.3. The van der Waals surface area contributed by atoms with Crippen LogP contribution in [0.25, 0.3) is 0 Å². The summed E-state index contributed by atoms with van der Waals surface area (Å²) in [4.78, 5) is 24.0. The Bertz CT molecular complexity index is 560. The first-order chi connectivity index (χ1) is 8.90. The molecule has 1 heterocycles. The zero-order valence-electron chi connectivity index (χ0n) is 10.7. The summed E-state index contributed by atoms with van der Waals surface area (Å²) < 4.78 is 0.733. The summed E-state index contributed by atoms with van der Waals surface area (Å²) in [5.74, 6) is -0.305. The van der Waals surface area contributed by atoms with Crippen LogP contribution < -0.4 is 5.32 Å². The molecule has 0 radical (unpaired) electrons. The molecule has 0 saturated heterocycles. The maximum absolute atomic E-state index is 11.3. The molecule has 1 aliphatic rings. The van der Waals surface area contributed by atoms with Gasteiger partial charge in [0.05, 0.1) is 4.92 Å². The third-order valence-electron chi connectivity index (χ3n) is 3.14. The van der Waals surface area contributed by atoms with Gasteiger partial charge in [-0.25, -0.2) is 0 Å². The molecule has 0 aliphatic carbocycles. The van der Waals surface area contributed by atoms with Crippen molar-refractivity contribution in [2.45, 2.75) is 19.9 Å². The van der Waals surface area contributed by atoms with Crippen LogP contribution in [0.3, 0.4) is 0 Å². The number of nitro benzene ring substituents is 1. The van der Waals surface area contributed by atoms with Gasteiger partial charge in [-0.3, -0.25) is 14.9 Å². The average Bonchev–Trinajstić information content (AvgIpc) is 2.31. The fraction of sp³-hybridized carbons (Fsp3) is 0.417. The van der Waals surface area contributed by atoms with Gasteiger partial charge < -0.3 is 10.2 Å². The molecule has 0 aromatic heterocycles. The van der Waals surface area contributed by atoms with Crippen molar-refractivity contribution in [3.05, 3.63) is 31.8 Å². The van der Waals surface area contributed by atoms with Crippen LogP contribution in [0.2, 0.25) is 0 Å². The summed E-state index contributed by atoms with van der Waals surface area (Å²) in [6.07, 6.45) is 0.803. The first kappa shape index (κ1) is 14.0. The molecule has 0 atom stereocenters. The molecule has 0 unspecified atom stereocenters. The molecule has 1 N–H and O–H groups in total. The number of benzene rings is 1. The number of carbonyl (C=O) groups is 1. The SMILES string of the molecule is CC(=O)Nc1c([N+](=O)[O-])cc(Br)c2c1CN(C)CC2. The number of anilines is 1. The Morgan fingerprint density at radius 1 is 1.53 bits per heavy atom. The van der Waals surface area contributed by atoms with Crippen molar-refractivity contribution < 1.29 is 9.72 Å². The predicted molar refractivity (Wildman–Crippen MR) is 75.1 cm³/mol. The van der Waals surface area contributed by atoms with Crippen LogP contribution in [-0.4, -0.2) is 29.3 Å². The number of amides is 1. The van der Waals surface area contributed by atoms with Gasteiger partial charge in [0.15, 0.2) is 0 Å². The second kappa shape index (κ2) is 5.26. The Labute approximate surface area is 119 Å². The first-order valence-corrected chi connectivity index (χ1v) is 6.64. The van der Waals surface area contributed by atoms with E-state index in [-0.39, 0.29) is 11.6 Å². The van der Waals surface area contributed by atoms with Gasteiger partial charge in [0.25, 0.3) is 5.69 Å². The van der Waals surface area contributed by atoms with Gasteiger partial charge in [-0.05, 0) is 19.0 Å². The van der Waals surface area contributed by atoms with Crippen molar-refractivity contribution in [1.82, 2.24) is 4.90 Å². The van der Waals surface area contributed by atoms with Gasteiger partial charge in [-0.15, -0.1) is 0 Å². The summed E-state index contributed by atoms with van der Waals surface area (Å²) in [6, 6.07) is 1.47. The Kier molecular flexibility index (Phi) is 3.86. The number of nitrogens with one attached hydrogen (secondary N) is 1. The highest BCUT2D eigenvalue weighted by Crippen LogP contribution is 2.38. The minimum atomic E-state index is -0.467.